The van der Waals surface area contributed by atoms with Crippen molar-refractivity contribution < 1.29 is 9.47 Å². The van der Waals surface area contributed by atoms with Crippen LogP contribution in [0.15, 0.2) is 28.4 Å². The maximum atomic E-state index is 11.6. The molecular weight excluding hydrogens is 264 g/mol. The number of aromatic amines is 1. The molecular formula is C13H16N2O3S. The molecule has 0 aliphatic rings. The topological polar surface area (TPSA) is 64.2 Å². The lowest BCUT2D eigenvalue weighted by Gasteiger charge is -2.05. The van der Waals surface area contributed by atoms with Crippen molar-refractivity contribution in [3.8, 4) is 0 Å². The highest BCUT2D eigenvalue weighted by Gasteiger charge is 2.04. The van der Waals surface area contributed by atoms with Gasteiger partial charge in [0.05, 0.1) is 25.5 Å². The Balaban J connectivity index is 2.00. The van der Waals surface area contributed by atoms with Crippen LogP contribution in [0.5, 0.6) is 0 Å². The fourth-order valence-corrected chi connectivity index (χ4v) is 2.33. The van der Waals surface area contributed by atoms with E-state index in [0.29, 0.717) is 37.8 Å². The summed E-state index contributed by atoms with van der Waals surface area (Å²) in [7, 11) is 1.62. The number of hydrogen-bond acceptors (Lipinski definition) is 5. The van der Waals surface area contributed by atoms with Crippen molar-refractivity contribution in [2.45, 2.75) is 13.0 Å². The number of hydrogen-bond donors (Lipinski definition) is 1. The molecule has 102 valence electrons. The van der Waals surface area contributed by atoms with Crippen molar-refractivity contribution >= 4 is 11.3 Å². The Morgan fingerprint density at radius 2 is 2.32 bits per heavy atom. The Morgan fingerprint density at radius 3 is 3.05 bits per heavy atom. The lowest BCUT2D eigenvalue weighted by atomic mass is 10.3. The van der Waals surface area contributed by atoms with Gasteiger partial charge in [-0.15, -0.1) is 11.3 Å². The third kappa shape index (κ3) is 4.59. The zero-order valence-electron chi connectivity index (χ0n) is 10.7. The number of thiophene rings is 1. The van der Waals surface area contributed by atoms with Crippen LogP contribution < -0.4 is 5.56 Å². The van der Waals surface area contributed by atoms with E-state index in [1.165, 1.54) is 10.9 Å². The quantitative estimate of drug-likeness (QED) is 0.782. The minimum atomic E-state index is -0.146. The SMILES string of the molecule is COCCOCc1cc(=O)[nH]c(Cc2cccs2)n1. The van der Waals surface area contributed by atoms with Gasteiger partial charge in [0.25, 0.3) is 5.56 Å². The number of rotatable bonds is 7. The van der Waals surface area contributed by atoms with Gasteiger partial charge in [-0.1, -0.05) is 6.07 Å². The first-order chi connectivity index (χ1) is 9.28. The molecule has 0 fully saturated rings. The molecule has 19 heavy (non-hydrogen) atoms. The van der Waals surface area contributed by atoms with Crippen molar-refractivity contribution in [3.63, 3.8) is 0 Å². The Morgan fingerprint density at radius 1 is 1.42 bits per heavy atom. The second-order valence-corrected chi connectivity index (χ2v) is 5.02. The molecule has 0 radical (unpaired) electrons. The average Bonchev–Trinajstić information content (AvgIpc) is 2.87. The van der Waals surface area contributed by atoms with E-state index >= 15 is 0 Å². The fraction of sp³-hybridized carbons (Fsp3) is 0.385. The van der Waals surface area contributed by atoms with E-state index in [4.69, 9.17) is 9.47 Å². The van der Waals surface area contributed by atoms with Crippen molar-refractivity contribution in [1.29, 1.82) is 0 Å². The summed E-state index contributed by atoms with van der Waals surface area (Å²) < 4.78 is 10.3. The van der Waals surface area contributed by atoms with Crippen LogP contribution >= 0.6 is 11.3 Å². The lowest BCUT2D eigenvalue weighted by Crippen LogP contribution is -2.14. The first-order valence-electron chi connectivity index (χ1n) is 5.96. The molecule has 0 spiro atoms. The van der Waals surface area contributed by atoms with Gasteiger partial charge >= 0.3 is 0 Å². The smallest absolute Gasteiger partial charge is 0.251 e. The summed E-state index contributed by atoms with van der Waals surface area (Å²) in [6.07, 6.45) is 0.638. The summed E-state index contributed by atoms with van der Waals surface area (Å²) >= 11 is 1.64. The normalized spacial score (nSPS) is 10.8. The summed E-state index contributed by atoms with van der Waals surface area (Å²) in [6.45, 7) is 1.35. The Labute approximate surface area is 115 Å². The summed E-state index contributed by atoms with van der Waals surface area (Å²) in [5, 5.41) is 2.01. The Hall–Kier alpha value is -1.50. The van der Waals surface area contributed by atoms with E-state index < -0.39 is 0 Å². The molecule has 0 atom stereocenters. The van der Waals surface area contributed by atoms with E-state index in [1.807, 2.05) is 17.5 Å². The van der Waals surface area contributed by atoms with Crippen LogP contribution in [0.25, 0.3) is 0 Å². The van der Waals surface area contributed by atoms with Gasteiger partial charge in [0.15, 0.2) is 0 Å². The highest BCUT2D eigenvalue weighted by Crippen LogP contribution is 2.11. The zero-order valence-corrected chi connectivity index (χ0v) is 11.5. The van der Waals surface area contributed by atoms with Gasteiger partial charge in [-0.3, -0.25) is 4.79 Å². The van der Waals surface area contributed by atoms with E-state index in [0.717, 1.165) is 0 Å². The Kier molecular flexibility index (Phi) is 5.26. The second-order valence-electron chi connectivity index (χ2n) is 3.98. The lowest BCUT2D eigenvalue weighted by molar-refractivity contribution is 0.0600. The first kappa shape index (κ1) is 13.9. The van der Waals surface area contributed by atoms with Gasteiger partial charge < -0.3 is 14.5 Å². The molecule has 2 heterocycles. The van der Waals surface area contributed by atoms with E-state index in [9.17, 15) is 4.79 Å². The molecule has 0 unspecified atom stereocenters. The molecule has 2 aromatic rings. The zero-order chi connectivity index (χ0) is 13.5. The second kappa shape index (κ2) is 7.18. The highest BCUT2D eigenvalue weighted by molar-refractivity contribution is 7.09. The van der Waals surface area contributed by atoms with E-state index in [1.54, 1.807) is 18.4 Å². The third-order valence-electron chi connectivity index (χ3n) is 2.45. The van der Waals surface area contributed by atoms with Crippen molar-refractivity contribution in [2.75, 3.05) is 20.3 Å². The molecule has 0 aliphatic heterocycles. The number of methoxy groups -OCH3 is 1. The van der Waals surface area contributed by atoms with Crippen molar-refractivity contribution in [2.24, 2.45) is 0 Å². The minimum Gasteiger partial charge on any atom is -0.382 e. The number of ether oxygens (including phenoxy) is 2. The summed E-state index contributed by atoms with van der Waals surface area (Å²) in [5.41, 5.74) is 0.498. The molecule has 0 saturated heterocycles. The van der Waals surface area contributed by atoms with E-state index in [2.05, 4.69) is 9.97 Å². The van der Waals surface area contributed by atoms with Gasteiger partial charge in [-0.05, 0) is 11.4 Å². The molecule has 1 N–H and O–H groups in total. The van der Waals surface area contributed by atoms with Crippen molar-refractivity contribution in [1.82, 2.24) is 9.97 Å². The Bertz CT molecular complexity index is 551. The summed E-state index contributed by atoms with van der Waals surface area (Å²) in [5.74, 6) is 0.667. The van der Waals surface area contributed by atoms with Gasteiger partial charge in [-0.2, -0.15) is 0 Å². The van der Waals surface area contributed by atoms with Gasteiger partial charge in [0, 0.05) is 24.5 Å². The highest BCUT2D eigenvalue weighted by atomic mass is 32.1. The van der Waals surface area contributed by atoms with Crippen LogP contribution in [-0.4, -0.2) is 30.3 Å². The molecule has 2 rings (SSSR count). The number of H-pyrrole nitrogens is 1. The number of nitrogens with zero attached hydrogens (tertiary/aromatic N) is 1. The van der Waals surface area contributed by atoms with Crippen LogP contribution in [0.3, 0.4) is 0 Å². The van der Waals surface area contributed by atoms with Gasteiger partial charge in [0.1, 0.15) is 5.82 Å². The van der Waals surface area contributed by atoms with Gasteiger partial charge in [0.2, 0.25) is 0 Å². The summed E-state index contributed by atoms with van der Waals surface area (Å²) in [4.78, 5) is 19.9. The molecule has 0 bridgehead atoms. The molecule has 0 saturated carbocycles. The predicted octanol–water partition coefficient (Wildman–Crippen LogP) is 1.59. The minimum absolute atomic E-state index is 0.146. The average molecular weight is 280 g/mol. The maximum Gasteiger partial charge on any atom is 0.251 e. The maximum absolute atomic E-state index is 11.6. The third-order valence-corrected chi connectivity index (χ3v) is 3.32. The van der Waals surface area contributed by atoms with Crippen LogP contribution in [0.4, 0.5) is 0 Å². The number of nitrogens with one attached hydrogen (secondary N) is 1. The van der Waals surface area contributed by atoms with E-state index in [-0.39, 0.29) is 5.56 Å². The standard InChI is InChI=1S/C13H16N2O3S/c1-17-4-5-18-9-10-7-13(16)15-12(14-10)8-11-3-2-6-19-11/h2-3,6-7H,4-5,8-9H2,1H3,(H,14,15,16). The summed E-state index contributed by atoms with van der Waals surface area (Å²) in [6, 6.07) is 5.47. The van der Waals surface area contributed by atoms with Crippen LogP contribution in [0.2, 0.25) is 0 Å². The fourth-order valence-electron chi connectivity index (χ4n) is 1.62. The monoisotopic (exact) mass is 280 g/mol. The molecule has 0 aliphatic carbocycles. The van der Waals surface area contributed by atoms with Crippen LogP contribution in [0, 0.1) is 0 Å². The number of aromatic nitrogens is 2. The first-order valence-corrected chi connectivity index (χ1v) is 6.84. The van der Waals surface area contributed by atoms with Crippen LogP contribution in [-0.2, 0) is 22.5 Å². The predicted molar refractivity (Wildman–Crippen MR) is 73.5 cm³/mol. The van der Waals surface area contributed by atoms with Crippen LogP contribution in [0.1, 0.15) is 16.4 Å². The molecule has 5 nitrogen and oxygen atoms in total. The largest absolute Gasteiger partial charge is 0.382 e. The molecule has 0 amide bonds. The van der Waals surface area contributed by atoms with Crippen molar-refractivity contribution in [3.05, 3.63) is 50.3 Å². The van der Waals surface area contributed by atoms with Gasteiger partial charge in [-0.25, -0.2) is 4.98 Å². The molecule has 6 heteroatoms. The molecule has 2 aromatic heterocycles. The molecule has 0 aromatic carbocycles.